The minimum atomic E-state index is -0.961. The highest BCUT2D eigenvalue weighted by Gasteiger charge is 2.27. The number of carbonyl (C=O) groups is 1. The minimum absolute atomic E-state index is 0.293. The van der Waals surface area contributed by atoms with Crippen molar-refractivity contribution in [2.45, 2.75) is 24.3 Å². The van der Waals surface area contributed by atoms with Crippen LogP contribution in [0, 0.1) is 0 Å². The van der Waals surface area contributed by atoms with Crippen molar-refractivity contribution in [1.82, 2.24) is 9.13 Å². The van der Waals surface area contributed by atoms with E-state index in [1.807, 2.05) is 0 Å². The summed E-state index contributed by atoms with van der Waals surface area (Å²) in [7, 11) is 2.97. The summed E-state index contributed by atoms with van der Waals surface area (Å²) in [6, 6.07) is 1.35. The van der Waals surface area contributed by atoms with E-state index in [1.54, 1.807) is 20.9 Å². The summed E-state index contributed by atoms with van der Waals surface area (Å²) in [5.41, 5.74) is -0.282. The van der Waals surface area contributed by atoms with Crippen LogP contribution in [-0.2, 0) is 24.6 Å². The zero-order valence-electron chi connectivity index (χ0n) is 10.8. The molecule has 0 aliphatic rings. The molecule has 18 heavy (non-hydrogen) atoms. The molecule has 1 N–H and O–H groups in total. The van der Waals surface area contributed by atoms with Gasteiger partial charge in [-0.3, -0.25) is 18.7 Å². The molecule has 0 saturated heterocycles. The zero-order valence-corrected chi connectivity index (χ0v) is 11.6. The van der Waals surface area contributed by atoms with Crippen LogP contribution >= 0.6 is 11.8 Å². The molecule has 0 fully saturated rings. The van der Waals surface area contributed by atoms with E-state index in [4.69, 9.17) is 5.11 Å². The Hall–Kier alpha value is -1.50. The summed E-state index contributed by atoms with van der Waals surface area (Å²) in [5, 5.41) is 8.99. The van der Waals surface area contributed by atoms with Crippen LogP contribution in [0.25, 0.3) is 0 Å². The number of aliphatic carboxylic acids is 1. The smallest absolute Gasteiger partial charge is 0.330 e. The second-order valence-electron chi connectivity index (χ2n) is 4.48. The fourth-order valence-electron chi connectivity index (χ4n) is 1.23. The number of rotatable bonds is 4. The number of aromatic nitrogens is 2. The average Bonchev–Trinajstić information content (AvgIpc) is 2.29. The van der Waals surface area contributed by atoms with Gasteiger partial charge in [-0.15, -0.1) is 11.8 Å². The number of carboxylic acids is 1. The molecule has 0 unspecified atom stereocenters. The molecule has 0 atom stereocenters. The lowest BCUT2D eigenvalue weighted by atomic mass is 10.2. The van der Waals surface area contributed by atoms with Crippen molar-refractivity contribution >= 4 is 17.7 Å². The van der Waals surface area contributed by atoms with Gasteiger partial charge in [0, 0.05) is 31.6 Å². The molecule has 100 valence electrons. The highest BCUT2D eigenvalue weighted by Crippen LogP contribution is 2.27. The Morgan fingerprint density at radius 1 is 1.33 bits per heavy atom. The molecule has 0 bridgehead atoms. The highest BCUT2D eigenvalue weighted by molar-refractivity contribution is 8.00. The van der Waals surface area contributed by atoms with Crippen LogP contribution in [0.5, 0.6) is 0 Å². The molecular weight excluding hydrogens is 256 g/mol. The number of carboxylic acid groups (broad SMARTS) is 1. The Morgan fingerprint density at radius 2 is 1.89 bits per heavy atom. The summed E-state index contributed by atoms with van der Waals surface area (Å²) in [6.07, 6.45) is 0. The molecule has 0 aliphatic heterocycles. The van der Waals surface area contributed by atoms with Crippen molar-refractivity contribution in [1.29, 1.82) is 0 Å². The Balaban J connectivity index is 3.05. The van der Waals surface area contributed by atoms with E-state index in [-0.39, 0.29) is 5.56 Å². The van der Waals surface area contributed by atoms with Gasteiger partial charge in [0.1, 0.15) is 4.75 Å². The number of hydrogen-bond donors (Lipinski definition) is 1. The fraction of sp³-hybridized carbons (Fsp3) is 0.545. The van der Waals surface area contributed by atoms with Gasteiger partial charge in [0.2, 0.25) is 0 Å². The molecule has 0 spiro atoms. The van der Waals surface area contributed by atoms with Gasteiger partial charge in [0.25, 0.3) is 5.56 Å². The molecule has 0 aliphatic carbocycles. The molecule has 6 nitrogen and oxygen atoms in total. The third kappa shape index (κ3) is 2.84. The molecule has 0 radical (unpaired) electrons. The van der Waals surface area contributed by atoms with Gasteiger partial charge < -0.3 is 5.11 Å². The lowest BCUT2D eigenvalue weighted by molar-refractivity contribution is -0.138. The predicted molar refractivity (Wildman–Crippen MR) is 69.9 cm³/mol. The molecule has 0 aromatic carbocycles. The molecule has 1 heterocycles. The Labute approximate surface area is 108 Å². The number of hydrogen-bond acceptors (Lipinski definition) is 4. The standard InChI is InChI=1S/C11H16N2O4S/c1-11(2,9(15)16)18-6-7-5-8(14)13(4)10(17)12(7)3/h5H,6H2,1-4H3,(H,15,16). The summed E-state index contributed by atoms with van der Waals surface area (Å²) in [4.78, 5) is 34.1. The maximum absolute atomic E-state index is 11.7. The maximum atomic E-state index is 11.7. The fourth-order valence-corrected chi connectivity index (χ4v) is 2.14. The van der Waals surface area contributed by atoms with Crippen molar-refractivity contribution in [3.8, 4) is 0 Å². The van der Waals surface area contributed by atoms with Gasteiger partial charge in [-0.05, 0) is 13.8 Å². The van der Waals surface area contributed by atoms with E-state index in [2.05, 4.69) is 0 Å². The van der Waals surface area contributed by atoms with Crippen molar-refractivity contribution < 1.29 is 9.90 Å². The monoisotopic (exact) mass is 272 g/mol. The van der Waals surface area contributed by atoms with Crippen molar-refractivity contribution in [3.05, 3.63) is 32.6 Å². The number of thioether (sulfide) groups is 1. The first-order valence-corrected chi connectivity index (χ1v) is 6.28. The summed E-state index contributed by atoms with van der Waals surface area (Å²) in [5.74, 6) is -0.637. The largest absolute Gasteiger partial charge is 0.480 e. The number of nitrogens with zero attached hydrogens (tertiary/aromatic N) is 2. The molecule has 1 aromatic rings. The van der Waals surface area contributed by atoms with Gasteiger partial charge in [-0.2, -0.15) is 0 Å². The Kier molecular flexibility index (Phi) is 4.05. The SMILES string of the molecule is Cn1c(CSC(C)(C)C(=O)O)cc(=O)n(C)c1=O. The molecule has 0 saturated carbocycles. The van der Waals surface area contributed by atoms with Crippen molar-refractivity contribution in [2.75, 3.05) is 0 Å². The third-order valence-electron chi connectivity index (χ3n) is 2.72. The van der Waals surface area contributed by atoms with E-state index in [0.717, 1.165) is 4.57 Å². The quantitative estimate of drug-likeness (QED) is 0.845. The van der Waals surface area contributed by atoms with Crippen LogP contribution in [-0.4, -0.2) is 25.0 Å². The van der Waals surface area contributed by atoms with Crippen LogP contribution < -0.4 is 11.2 Å². The minimum Gasteiger partial charge on any atom is -0.480 e. The van der Waals surface area contributed by atoms with Gasteiger partial charge in [-0.25, -0.2) is 4.79 Å². The average molecular weight is 272 g/mol. The molecule has 7 heteroatoms. The van der Waals surface area contributed by atoms with Gasteiger partial charge >= 0.3 is 11.7 Å². The first kappa shape index (κ1) is 14.6. The van der Waals surface area contributed by atoms with E-state index in [1.165, 1.54) is 29.4 Å². The van der Waals surface area contributed by atoms with Crippen molar-refractivity contribution in [3.63, 3.8) is 0 Å². The van der Waals surface area contributed by atoms with Crippen LogP contribution in [0.3, 0.4) is 0 Å². The Morgan fingerprint density at radius 3 is 2.39 bits per heavy atom. The lowest BCUT2D eigenvalue weighted by Crippen LogP contribution is -2.38. The first-order chi connectivity index (χ1) is 8.16. The van der Waals surface area contributed by atoms with Crippen LogP contribution in [0.2, 0.25) is 0 Å². The van der Waals surface area contributed by atoms with E-state index < -0.39 is 16.4 Å². The molecule has 1 rings (SSSR count). The molecule has 0 amide bonds. The summed E-state index contributed by atoms with van der Waals surface area (Å²) >= 11 is 1.17. The van der Waals surface area contributed by atoms with E-state index in [0.29, 0.717) is 11.4 Å². The highest BCUT2D eigenvalue weighted by atomic mass is 32.2. The lowest BCUT2D eigenvalue weighted by Gasteiger charge is -2.19. The van der Waals surface area contributed by atoms with Gasteiger partial charge in [0.05, 0.1) is 0 Å². The van der Waals surface area contributed by atoms with E-state index >= 15 is 0 Å². The second-order valence-corrected chi connectivity index (χ2v) is 6.08. The zero-order chi connectivity index (χ0) is 14.1. The molecule has 1 aromatic heterocycles. The first-order valence-electron chi connectivity index (χ1n) is 5.30. The molecular formula is C11H16N2O4S. The maximum Gasteiger partial charge on any atom is 0.330 e. The van der Waals surface area contributed by atoms with Crippen molar-refractivity contribution in [2.24, 2.45) is 14.1 Å². The van der Waals surface area contributed by atoms with Gasteiger partial charge in [0.15, 0.2) is 0 Å². The van der Waals surface area contributed by atoms with Gasteiger partial charge in [-0.1, -0.05) is 0 Å². The van der Waals surface area contributed by atoms with E-state index in [9.17, 15) is 14.4 Å². The topological polar surface area (TPSA) is 81.3 Å². The second kappa shape index (κ2) is 5.01. The van der Waals surface area contributed by atoms with Crippen LogP contribution in [0.4, 0.5) is 0 Å². The predicted octanol–water partition coefficient (Wildman–Crippen LogP) is 0.180. The normalized spacial score (nSPS) is 11.6. The third-order valence-corrected chi connectivity index (χ3v) is 4.06. The summed E-state index contributed by atoms with van der Waals surface area (Å²) in [6.45, 7) is 3.16. The Bertz CT molecular complexity index is 586. The van der Waals surface area contributed by atoms with Crippen LogP contribution in [0.1, 0.15) is 19.5 Å². The van der Waals surface area contributed by atoms with Crippen LogP contribution in [0.15, 0.2) is 15.7 Å². The summed E-state index contributed by atoms with van der Waals surface area (Å²) < 4.78 is 1.40.